The number of carbonyl (C=O) groups is 1. The standard InChI is InChI=1S/C10H9ClN2O3/c1-6-4-12-9(15-6)5-13-10(14)7-2-3-8(11)16-7/h2-4H,5H2,1H3,(H,13,14). The highest BCUT2D eigenvalue weighted by Crippen LogP contribution is 2.12. The molecule has 6 heteroatoms. The second kappa shape index (κ2) is 4.40. The normalized spacial score (nSPS) is 10.4. The van der Waals surface area contributed by atoms with Crippen LogP contribution in [0.5, 0.6) is 0 Å². The Hall–Kier alpha value is -1.75. The average Bonchev–Trinajstić information content (AvgIpc) is 2.84. The first-order valence-electron chi connectivity index (χ1n) is 4.60. The SMILES string of the molecule is Cc1cnc(CNC(=O)c2ccc(Cl)o2)o1. The lowest BCUT2D eigenvalue weighted by Crippen LogP contribution is -2.22. The molecule has 0 saturated carbocycles. The Morgan fingerprint density at radius 1 is 1.50 bits per heavy atom. The van der Waals surface area contributed by atoms with Crippen molar-refractivity contribution in [3.8, 4) is 0 Å². The van der Waals surface area contributed by atoms with E-state index in [4.69, 9.17) is 20.4 Å². The number of nitrogens with zero attached hydrogens (tertiary/aromatic N) is 1. The van der Waals surface area contributed by atoms with E-state index in [1.165, 1.54) is 12.1 Å². The van der Waals surface area contributed by atoms with Crippen LogP contribution in [0, 0.1) is 6.92 Å². The minimum Gasteiger partial charge on any atom is -0.444 e. The lowest BCUT2D eigenvalue weighted by molar-refractivity contribution is 0.0919. The Morgan fingerprint density at radius 3 is 2.88 bits per heavy atom. The highest BCUT2D eigenvalue weighted by Gasteiger charge is 2.11. The van der Waals surface area contributed by atoms with Crippen LogP contribution < -0.4 is 5.32 Å². The Bertz CT molecular complexity index is 504. The molecule has 0 atom stereocenters. The predicted octanol–water partition coefficient (Wildman–Crippen LogP) is 2.16. The molecule has 0 bridgehead atoms. The summed E-state index contributed by atoms with van der Waals surface area (Å²) < 4.78 is 10.1. The Balaban J connectivity index is 1.93. The van der Waals surface area contributed by atoms with E-state index in [2.05, 4.69) is 10.3 Å². The molecule has 0 radical (unpaired) electrons. The van der Waals surface area contributed by atoms with Crippen molar-refractivity contribution in [3.63, 3.8) is 0 Å². The smallest absolute Gasteiger partial charge is 0.287 e. The van der Waals surface area contributed by atoms with Gasteiger partial charge >= 0.3 is 0 Å². The molecule has 0 spiro atoms. The molecule has 0 unspecified atom stereocenters. The number of aryl methyl sites for hydroxylation is 1. The van der Waals surface area contributed by atoms with Crippen LogP contribution >= 0.6 is 11.6 Å². The molecule has 1 N–H and O–H groups in total. The first-order valence-corrected chi connectivity index (χ1v) is 4.98. The van der Waals surface area contributed by atoms with Crippen molar-refractivity contribution in [1.82, 2.24) is 10.3 Å². The van der Waals surface area contributed by atoms with Crippen molar-refractivity contribution in [2.75, 3.05) is 0 Å². The second-order valence-corrected chi connectivity index (χ2v) is 3.52. The number of hydrogen-bond donors (Lipinski definition) is 1. The maximum atomic E-state index is 11.5. The highest BCUT2D eigenvalue weighted by molar-refractivity contribution is 6.29. The molecular formula is C10H9ClN2O3. The summed E-state index contributed by atoms with van der Waals surface area (Å²) >= 11 is 5.55. The molecule has 0 aliphatic carbocycles. The molecule has 0 aliphatic rings. The number of rotatable bonds is 3. The summed E-state index contributed by atoms with van der Waals surface area (Å²) in [4.78, 5) is 15.5. The van der Waals surface area contributed by atoms with E-state index in [1.807, 2.05) is 0 Å². The minimum atomic E-state index is -0.359. The van der Waals surface area contributed by atoms with Gasteiger partial charge in [-0.05, 0) is 30.7 Å². The van der Waals surface area contributed by atoms with Crippen LogP contribution in [0.25, 0.3) is 0 Å². The molecule has 5 nitrogen and oxygen atoms in total. The summed E-state index contributed by atoms with van der Waals surface area (Å²) in [6.45, 7) is 2.00. The van der Waals surface area contributed by atoms with Crippen LogP contribution in [0.3, 0.4) is 0 Å². The first kappa shape index (κ1) is 10.8. The van der Waals surface area contributed by atoms with E-state index in [1.54, 1.807) is 13.1 Å². The Labute approximate surface area is 96.4 Å². The van der Waals surface area contributed by atoms with Gasteiger partial charge in [0.1, 0.15) is 5.76 Å². The molecule has 2 aromatic heterocycles. The summed E-state index contributed by atoms with van der Waals surface area (Å²) in [5, 5.41) is 2.77. The van der Waals surface area contributed by atoms with Gasteiger partial charge in [0.15, 0.2) is 11.0 Å². The van der Waals surface area contributed by atoms with Gasteiger partial charge in [0, 0.05) is 0 Å². The zero-order chi connectivity index (χ0) is 11.5. The lowest BCUT2D eigenvalue weighted by atomic mass is 10.4. The van der Waals surface area contributed by atoms with E-state index >= 15 is 0 Å². The number of carbonyl (C=O) groups excluding carboxylic acids is 1. The summed E-state index contributed by atoms with van der Waals surface area (Å²) in [5.74, 6) is 0.949. The minimum absolute atomic E-state index is 0.160. The molecule has 16 heavy (non-hydrogen) atoms. The van der Waals surface area contributed by atoms with Crippen molar-refractivity contribution in [2.24, 2.45) is 0 Å². The second-order valence-electron chi connectivity index (χ2n) is 3.15. The van der Waals surface area contributed by atoms with Crippen molar-refractivity contribution in [3.05, 3.63) is 41.0 Å². The number of oxazole rings is 1. The number of hydrogen-bond acceptors (Lipinski definition) is 4. The zero-order valence-corrected chi connectivity index (χ0v) is 9.25. The molecule has 0 saturated heterocycles. The molecular weight excluding hydrogens is 232 g/mol. The summed E-state index contributed by atoms with van der Waals surface area (Å²) in [6, 6.07) is 3.00. The molecule has 0 aliphatic heterocycles. The number of nitrogens with one attached hydrogen (secondary N) is 1. The van der Waals surface area contributed by atoms with Crippen LogP contribution in [0.15, 0.2) is 27.2 Å². The molecule has 1 amide bonds. The van der Waals surface area contributed by atoms with E-state index in [0.717, 1.165) is 0 Å². The Morgan fingerprint density at radius 2 is 2.31 bits per heavy atom. The lowest BCUT2D eigenvalue weighted by Gasteiger charge is -1.98. The number of aromatic nitrogens is 1. The fraction of sp³-hybridized carbons (Fsp3) is 0.200. The number of halogens is 1. The zero-order valence-electron chi connectivity index (χ0n) is 8.49. The van der Waals surface area contributed by atoms with Gasteiger partial charge in [0.05, 0.1) is 12.7 Å². The third-order valence-electron chi connectivity index (χ3n) is 1.87. The van der Waals surface area contributed by atoms with E-state index in [9.17, 15) is 4.79 Å². The molecule has 84 valence electrons. The van der Waals surface area contributed by atoms with Crippen LogP contribution in [0.4, 0.5) is 0 Å². The summed E-state index contributed by atoms with van der Waals surface area (Å²) in [7, 11) is 0. The fourth-order valence-electron chi connectivity index (χ4n) is 1.16. The van der Waals surface area contributed by atoms with Crippen molar-refractivity contribution >= 4 is 17.5 Å². The summed E-state index contributed by atoms with van der Waals surface area (Å²) in [5.41, 5.74) is 0. The van der Waals surface area contributed by atoms with Gasteiger partial charge in [-0.25, -0.2) is 4.98 Å². The van der Waals surface area contributed by atoms with Gasteiger partial charge in [-0.15, -0.1) is 0 Å². The molecule has 2 rings (SSSR count). The fourth-order valence-corrected chi connectivity index (χ4v) is 1.31. The van der Waals surface area contributed by atoms with Gasteiger partial charge in [-0.3, -0.25) is 4.79 Å². The number of furan rings is 1. The topological polar surface area (TPSA) is 68.3 Å². The van der Waals surface area contributed by atoms with Crippen LogP contribution in [0.2, 0.25) is 5.22 Å². The van der Waals surface area contributed by atoms with E-state index < -0.39 is 0 Å². The molecule has 2 aromatic rings. The van der Waals surface area contributed by atoms with Crippen LogP contribution in [-0.2, 0) is 6.54 Å². The highest BCUT2D eigenvalue weighted by atomic mass is 35.5. The molecule has 2 heterocycles. The van der Waals surface area contributed by atoms with Gasteiger partial charge in [0.2, 0.25) is 5.89 Å². The largest absolute Gasteiger partial charge is 0.444 e. The van der Waals surface area contributed by atoms with Gasteiger partial charge in [0.25, 0.3) is 5.91 Å². The quantitative estimate of drug-likeness (QED) is 0.893. The molecule has 0 aromatic carbocycles. The van der Waals surface area contributed by atoms with E-state index in [0.29, 0.717) is 11.7 Å². The van der Waals surface area contributed by atoms with Gasteiger partial charge in [-0.1, -0.05) is 0 Å². The van der Waals surface area contributed by atoms with Crippen molar-refractivity contribution < 1.29 is 13.6 Å². The van der Waals surface area contributed by atoms with Crippen molar-refractivity contribution in [2.45, 2.75) is 13.5 Å². The van der Waals surface area contributed by atoms with Gasteiger partial charge in [-0.2, -0.15) is 0 Å². The first-order chi connectivity index (χ1) is 7.65. The third kappa shape index (κ3) is 2.43. The third-order valence-corrected chi connectivity index (χ3v) is 2.07. The predicted molar refractivity (Wildman–Crippen MR) is 56.1 cm³/mol. The van der Waals surface area contributed by atoms with E-state index in [-0.39, 0.29) is 23.4 Å². The average molecular weight is 241 g/mol. The maximum Gasteiger partial charge on any atom is 0.287 e. The maximum absolute atomic E-state index is 11.5. The van der Waals surface area contributed by atoms with Crippen molar-refractivity contribution in [1.29, 1.82) is 0 Å². The monoisotopic (exact) mass is 240 g/mol. The number of amides is 1. The molecule has 0 fully saturated rings. The van der Waals surface area contributed by atoms with Crippen LogP contribution in [0.1, 0.15) is 22.2 Å². The van der Waals surface area contributed by atoms with Crippen LogP contribution in [-0.4, -0.2) is 10.9 Å². The Kier molecular flexibility index (Phi) is 2.96. The van der Waals surface area contributed by atoms with Gasteiger partial charge < -0.3 is 14.2 Å². The summed E-state index contributed by atoms with van der Waals surface area (Å²) in [6.07, 6.45) is 1.59.